The van der Waals surface area contributed by atoms with E-state index in [0.717, 1.165) is 30.7 Å². The van der Waals surface area contributed by atoms with E-state index in [9.17, 15) is 18.4 Å². The van der Waals surface area contributed by atoms with Crippen molar-refractivity contribution in [2.24, 2.45) is 0 Å². The first-order chi connectivity index (χ1) is 21.8. The molecule has 0 spiro atoms. The monoisotopic (exact) mass is 637 g/mol. The van der Waals surface area contributed by atoms with E-state index in [1.54, 1.807) is 35.5 Å². The number of carbonyl (C=O) groups excluding carboxylic acids is 2. The van der Waals surface area contributed by atoms with Gasteiger partial charge in [0.15, 0.2) is 5.65 Å². The number of rotatable bonds is 12. The number of hydrogen-bond acceptors (Lipinski definition) is 9. The second kappa shape index (κ2) is 14.5. The molecule has 0 atom stereocenters. The van der Waals surface area contributed by atoms with Gasteiger partial charge in [0.1, 0.15) is 23.6 Å². The van der Waals surface area contributed by atoms with Crippen LogP contribution in [0.2, 0.25) is 0 Å². The largest absolute Gasteiger partial charge is 0.434 e. The highest BCUT2D eigenvalue weighted by molar-refractivity contribution is 7.98. The summed E-state index contributed by atoms with van der Waals surface area (Å²) in [5, 5.41) is 20.4. The predicted octanol–water partition coefficient (Wildman–Crippen LogP) is 4.39. The lowest BCUT2D eigenvalue weighted by Gasteiger charge is -2.36. The molecule has 12 nitrogen and oxygen atoms in total. The van der Waals surface area contributed by atoms with E-state index in [0.29, 0.717) is 31.2 Å². The first kappa shape index (κ1) is 31.9. The normalized spacial score (nSPS) is 13.8. The van der Waals surface area contributed by atoms with E-state index in [-0.39, 0.29) is 40.7 Å². The molecule has 1 N–H and O–H groups in total. The van der Waals surface area contributed by atoms with Gasteiger partial charge in [0.25, 0.3) is 5.91 Å². The molecule has 15 heteroatoms. The summed E-state index contributed by atoms with van der Waals surface area (Å²) in [7, 11) is 2.04. The predicted molar refractivity (Wildman–Crippen MR) is 164 cm³/mol. The Kier molecular flexibility index (Phi) is 10.3. The van der Waals surface area contributed by atoms with Crippen molar-refractivity contribution in [2.45, 2.75) is 49.8 Å². The fourth-order valence-corrected chi connectivity index (χ4v) is 5.81. The van der Waals surface area contributed by atoms with Gasteiger partial charge in [-0.2, -0.15) is 24.2 Å². The number of halogens is 2. The summed E-state index contributed by atoms with van der Waals surface area (Å²) >= 11 is 1.41. The molecule has 4 aromatic rings. The number of likely N-dealkylation sites (tertiary alicyclic amines) is 1. The average Bonchev–Trinajstić information content (AvgIpc) is 3.65. The van der Waals surface area contributed by atoms with E-state index in [1.807, 2.05) is 13.3 Å². The number of amides is 2. The number of benzene rings is 1. The third-order valence-electron chi connectivity index (χ3n) is 7.73. The average molecular weight is 638 g/mol. The first-order valence-corrected chi connectivity index (χ1v) is 15.6. The lowest BCUT2D eigenvalue weighted by Crippen LogP contribution is -2.46. The van der Waals surface area contributed by atoms with Crippen molar-refractivity contribution in [1.29, 1.82) is 5.26 Å². The quantitative estimate of drug-likeness (QED) is 0.177. The molecule has 4 heterocycles. The summed E-state index contributed by atoms with van der Waals surface area (Å²) in [6.07, 6.45) is 10.9. The lowest BCUT2D eigenvalue weighted by molar-refractivity contribution is -0.133. The lowest BCUT2D eigenvalue weighted by atomic mass is 10.0. The number of alkyl halides is 2. The molecule has 236 valence electrons. The van der Waals surface area contributed by atoms with Crippen LogP contribution in [-0.2, 0) is 11.3 Å². The Balaban J connectivity index is 1.39. The topological polar surface area (TPSA) is 134 Å². The van der Waals surface area contributed by atoms with E-state index in [2.05, 4.69) is 31.5 Å². The highest BCUT2D eigenvalue weighted by Gasteiger charge is 2.27. The molecule has 0 radical (unpaired) electrons. The smallest absolute Gasteiger partial charge is 0.387 e. The van der Waals surface area contributed by atoms with Crippen LogP contribution in [0, 0.1) is 11.3 Å². The van der Waals surface area contributed by atoms with Gasteiger partial charge >= 0.3 is 6.61 Å². The summed E-state index contributed by atoms with van der Waals surface area (Å²) in [5.41, 5.74) is 1.15. The Bertz CT molecular complexity index is 1700. The minimum atomic E-state index is -3.08. The van der Waals surface area contributed by atoms with Crippen molar-refractivity contribution in [1.82, 2.24) is 34.2 Å². The zero-order valence-electron chi connectivity index (χ0n) is 24.9. The highest BCUT2D eigenvalue weighted by atomic mass is 32.2. The highest BCUT2D eigenvalue weighted by Crippen LogP contribution is 2.38. The SMILES string of the molecule is CSc1ccc(OC(F)F)c(-c2nn(CC(=O)N3CCC(N(C)CCCC#N)CC3)cc2NC(=O)c2cnn3cccnc23)c1. The van der Waals surface area contributed by atoms with Gasteiger partial charge in [0.2, 0.25) is 5.91 Å². The minimum Gasteiger partial charge on any atom is -0.434 e. The summed E-state index contributed by atoms with van der Waals surface area (Å²) in [6, 6.07) is 8.92. The molecular formula is C30H33F2N9O3S. The molecule has 2 amide bonds. The van der Waals surface area contributed by atoms with Gasteiger partial charge < -0.3 is 19.9 Å². The Morgan fingerprint density at radius 2 is 2.09 bits per heavy atom. The Morgan fingerprint density at radius 1 is 1.29 bits per heavy atom. The third-order valence-corrected chi connectivity index (χ3v) is 8.45. The van der Waals surface area contributed by atoms with Crippen LogP contribution in [0.1, 0.15) is 36.0 Å². The van der Waals surface area contributed by atoms with Crippen molar-refractivity contribution >= 4 is 34.9 Å². The maximum absolute atomic E-state index is 13.4. The number of unbranched alkanes of at least 4 members (excludes halogenated alkanes) is 1. The van der Waals surface area contributed by atoms with E-state index >= 15 is 0 Å². The Hall–Kier alpha value is -4.55. The maximum atomic E-state index is 13.4. The molecule has 0 unspecified atom stereocenters. The van der Waals surface area contributed by atoms with Crippen molar-refractivity contribution in [3.05, 3.63) is 54.6 Å². The van der Waals surface area contributed by atoms with Gasteiger partial charge in [-0.05, 0) is 63.4 Å². The van der Waals surface area contributed by atoms with Crippen LogP contribution < -0.4 is 10.1 Å². The zero-order chi connectivity index (χ0) is 31.9. The molecule has 1 aliphatic rings. The van der Waals surface area contributed by atoms with E-state index in [4.69, 9.17) is 10.00 Å². The van der Waals surface area contributed by atoms with Gasteiger partial charge in [0.05, 0.1) is 18.0 Å². The number of anilines is 1. The number of nitriles is 1. The second-order valence-electron chi connectivity index (χ2n) is 10.6. The van der Waals surface area contributed by atoms with Crippen molar-refractivity contribution in [3.63, 3.8) is 0 Å². The number of nitrogens with one attached hydrogen (secondary N) is 1. The summed E-state index contributed by atoms with van der Waals surface area (Å²) in [4.78, 5) is 35.8. The number of aromatic nitrogens is 5. The van der Waals surface area contributed by atoms with Crippen LogP contribution in [0.15, 0.2) is 53.9 Å². The number of nitrogens with zero attached hydrogens (tertiary/aromatic N) is 8. The Morgan fingerprint density at radius 3 is 2.82 bits per heavy atom. The molecule has 45 heavy (non-hydrogen) atoms. The third kappa shape index (κ3) is 7.58. The number of carbonyl (C=O) groups is 2. The summed E-state index contributed by atoms with van der Waals surface area (Å²) < 4.78 is 34.4. The van der Waals surface area contributed by atoms with E-state index < -0.39 is 12.5 Å². The molecule has 1 aliphatic heterocycles. The minimum absolute atomic E-state index is 0.114. The van der Waals surface area contributed by atoms with Crippen molar-refractivity contribution in [2.75, 3.05) is 38.3 Å². The van der Waals surface area contributed by atoms with Crippen LogP contribution in [0.25, 0.3) is 16.9 Å². The molecular weight excluding hydrogens is 604 g/mol. The van der Waals surface area contributed by atoms with Crippen LogP contribution in [0.4, 0.5) is 14.5 Å². The number of thioether (sulfide) groups is 1. The fraction of sp³-hybridized carbons (Fsp3) is 0.400. The van der Waals surface area contributed by atoms with Gasteiger partial charge in [-0.3, -0.25) is 14.3 Å². The molecule has 0 aliphatic carbocycles. The van der Waals surface area contributed by atoms with Crippen LogP contribution in [0.5, 0.6) is 5.75 Å². The van der Waals surface area contributed by atoms with E-state index in [1.165, 1.54) is 39.4 Å². The fourth-order valence-electron chi connectivity index (χ4n) is 5.37. The van der Waals surface area contributed by atoms with Crippen molar-refractivity contribution < 1.29 is 23.1 Å². The molecule has 0 saturated carbocycles. The van der Waals surface area contributed by atoms with Gasteiger partial charge in [-0.15, -0.1) is 11.8 Å². The second-order valence-corrected chi connectivity index (χ2v) is 11.5. The van der Waals surface area contributed by atoms with Gasteiger partial charge in [-0.25, -0.2) is 9.50 Å². The molecule has 3 aromatic heterocycles. The molecule has 5 rings (SSSR count). The van der Waals surface area contributed by atoms with Crippen LogP contribution in [-0.4, -0.2) is 91.6 Å². The number of ether oxygens (including phenoxy) is 1. The molecule has 0 bridgehead atoms. The van der Waals surface area contributed by atoms with Crippen LogP contribution >= 0.6 is 11.8 Å². The standard InChI is InChI=1S/C30H33F2N9O3S/c1-38(12-4-3-10-33)20-8-14-39(15-9-20)26(42)19-40-18-24(36-29(43)23-17-35-41-13-5-11-34-28(23)41)27(37-40)22-16-21(45-2)6-7-25(22)44-30(31)32/h5-7,11,13,16-18,20,30H,3-4,8-9,12,14-15,19H2,1-2H3,(H,36,43). The first-order valence-electron chi connectivity index (χ1n) is 14.4. The van der Waals surface area contributed by atoms with Gasteiger partial charge in [-0.1, -0.05) is 0 Å². The van der Waals surface area contributed by atoms with Crippen molar-refractivity contribution in [3.8, 4) is 23.1 Å². The Labute approximate surface area is 262 Å². The number of fused-ring (bicyclic) bond motifs is 1. The number of hydrogen-bond donors (Lipinski definition) is 1. The summed E-state index contributed by atoms with van der Waals surface area (Å²) in [6.45, 7) is -1.21. The number of piperidine rings is 1. The van der Waals surface area contributed by atoms with Crippen LogP contribution in [0.3, 0.4) is 0 Å². The van der Waals surface area contributed by atoms with Gasteiger partial charge in [0, 0.05) is 54.6 Å². The maximum Gasteiger partial charge on any atom is 0.387 e. The molecule has 1 aromatic carbocycles. The summed E-state index contributed by atoms with van der Waals surface area (Å²) in [5.74, 6) is -0.802. The molecule has 1 saturated heterocycles. The zero-order valence-corrected chi connectivity index (χ0v) is 25.7. The molecule has 1 fully saturated rings.